The Bertz CT molecular complexity index is 328. The van der Waals surface area contributed by atoms with Crippen LogP contribution >= 0.6 is 11.8 Å². The lowest BCUT2D eigenvalue weighted by atomic mass is 10.2. The van der Waals surface area contributed by atoms with E-state index in [0.717, 1.165) is 23.1 Å². The molecule has 0 spiro atoms. The van der Waals surface area contributed by atoms with Crippen LogP contribution in [0.4, 0.5) is 5.69 Å². The van der Waals surface area contributed by atoms with E-state index in [4.69, 9.17) is 10.5 Å². The lowest BCUT2D eigenvalue weighted by Gasteiger charge is -2.09. The number of thioether (sulfide) groups is 1. The van der Waals surface area contributed by atoms with Gasteiger partial charge in [0.15, 0.2) is 0 Å². The smallest absolute Gasteiger partial charge is 0.141 e. The predicted octanol–water partition coefficient (Wildman–Crippen LogP) is 3.56. The minimum atomic E-state index is 0.726. The van der Waals surface area contributed by atoms with Gasteiger partial charge in [0.2, 0.25) is 0 Å². The van der Waals surface area contributed by atoms with Crippen LogP contribution in [0.15, 0.2) is 18.2 Å². The summed E-state index contributed by atoms with van der Waals surface area (Å²) in [5.74, 6) is 3.79. The van der Waals surface area contributed by atoms with Crippen LogP contribution in [-0.4, -0.2) is 12.9 Å². The molecule has 0 fully saturated rings. The summed E-state index contributed by atoms with van der Waals surface area (Å²) in [6.07, 6.45) is 1.25. The maximum absolute atomic E-state index is 5.86. The Morgan fingerprint density at radius 2 is 2.19 bits per heavy atom. The van der Waals surface area contributed by atoms with Gasteiger partial charge in [-0.05, 0) is 29.4 Å². The summed E-state index contributed by atoms with van der Waals surface area (Å²) in [5, 5.41) is 0. The van der Waals surface area contributed by atoms with E-state index in [-0.39, 0.29) is 0 Å². The fourth-order valence-corrected chi connectivity index (χ4v) is 2.54. The zero-order valence-electron chi connectivity index (χ0n) is 10.3. The molecule has 1 unspecified atom stereocenters. The summed E-state index contributed by atoms with van der Waals surface area (Å²) in [4.78, 5) is 0. The van der Waals surface area contributed by atoms with Gasteiger partial charge in [0, 0.05) is 5.75 Å². The lowest BCUT2D eigenvalue weighted by molar-refractivity contribution is 0.417. The Hall–Kier alpha value is -0.830. The molecule has 0 aromatic heterocycles. The Morgan fingerprint density at radius 1 is 1.44 bits per heavy atom. The van der Waals surface area contributed by atoms with E-state index in [0.29, 0.717) is 0 Å². The normalized spacial score (nSPS) is 12.4. The monoisotopic (exact) mass is 239 g/mol. The topological polar surface area (TPSA) is 35.2 Å². The summed E-state index contributed by atoms with van der Waals surface area (Å²) in [5.41, 5.74) is 7.85. The third-order valence-electron chi connectivity index (χ3n) is 2.66. The third-order valence-corrected chi connectivity index (χ3v) is 4.00. The molecule has 1 atom stereocenters. The van der Waals surface area contributed by atoms with Crippen molar-refractivity contribution in [1.82, 2.24) is 0 Å². The van der Waals surface area contributed by atoms with Crippen LogP contribution in [0.25, 0.3) is 0 Å². The number of hydrogen-bond acceptors (Lipinski definition) is 3. The first kappa shape index (κ1) is 13.2. The molecule has 90 valence electrons. The molecule has 0 saturated carbocycles. The van der Waals surface area contributed by atoms with E-state index in [1.807, 2.05) is 23.9 Å². The van der Waals surface area contributed by atoms with Crippen LogP contribution < -0.4 is 10.5 Å². The van der Waals surface area contributed by atoms with E-state index < -0.39 is 0 Å². The van der Waals surface area contributed by atoms with Gasteiger partial charge >= 0.3 is 0 Å². The average Bonchev–Trinajstić information content (AvgIpc) is 2.29. The molecule has 0 saturated heterocycles. The lowest BCUT2D eigenvalue weighted by Crippen LogP contribution is -1.97. The first-order valence-corrected chi connectivity index (χ1v) is 6.83. The van der Waals surface area contributed by atoms with Crippen LogP contribution in [0.5, 0.6) is 5.75 Å². The number of rotatable bonds is 6. The second-order valence-corrected chi connectivity index (χ2v) is 5.14. The zero-order valence-corrected chi connectivity index (χ0v) is 11.1. The highest BCUT2D eigenvalue weighted by Gasteiger charge is 2.02. The van der Waals surface area contributed by atoms with Crippen molar-refractivity contribution in [3.8, 4) is 5.75 Å². The van der Waals surface area contributed by atoms with Crippen LogP contribution in [-0.2, 0) is 5.75 Å². The van der Waals surface area contributed by atoms with E-state index >= 15 is 0 Å². The average molecular weight is 239 g/mol. The fourth-order valence-electron chi connectivity index (χ4n) is 1.37. The second-order valence-electron chi connectivity index (χ2n) is 4.10. The van der Waals surface area contributed by atoms with Gasteiger partial charge in [-0.25, -0.2) is 0 Å². The molecule has 16 heavy (non-hydrogen) atoms. The molecule has 2 N–H and O–H groups in total. The standard InChI is InChI=1S/C13H21NOS/c1-4-10(2)8-16-9-11-5-6-13(15-3)12(14)7-11/h5-7,10H,4,8-9,14H2,1-3H3. The van der Waals surface area contributed by atoms with Gasteiger partial charge in [0.1, 0.15) is 5.75 Å². The van der Waals surface area contributed by atoms with Crippen molar-refractivity contribution in [1.29, 1.82) is 0 Å². The van der Waals surface area contributed by atoms with Crippen LogP contribution in [0.1, 0.15) is 25.8 Å². The van der Waals surface area contributed by atoms with Gasteiger partial charge in [-0.1, -0.05) is 26.3 Å². The number of nitrogen functional groups attached to an aromatic ring is 1. The first-order valence-electron chi connectivity index (χ1n) is 5.67. The molecular weight excluding hydrogens is 218 g/mol. The molecule has 0 aliphatic heterocycles. The SMILES string of the molecule is CCC(C)CSCc1ccc(OC)c(N)c1. The number of anilines is 1. The highest BCUT2D eigenvalue weighted by molar-refractivity contribution is 7.98. The summed E-state index contributed by atoms with van der Waals surface area (Å²) < 4.78 is 5.13. The Labute approximate surface area is 103 Å². The summed E-state index contributed by atoms with van der Waals surface area (Å²) in [6.45, 7) is 4.52. The highest BCUT2D eigenvalue weighted by Crippen LogP contribution is 2.25. The maximum Gasteiger partial charge on any atom is 0.141 e. The van der Waals surface area contributed by atoms with Crippen molar-refractivity contribution < 1.29 is 4.74 Å². The van der Waals surface area contributed by atoms with E-state index in [9.17, 15) is 0 Å². The number of nitrogens with two attached hydrogens (primary N) is 1. The molecular formula is C13H21NOS. The molecule has 1 aromatic carbocycles. The molecule has 0 aliphatic carbocycles. The van der Waals surface area contributed by atoms with Crippen LogP contribution in [0.2, 0.25) is 0 Å². The Morgan fingerprint density at radius 3 is 2.75 bits per heavy atom. The van der Waals surface area contributed by atoms with Gasteiger partial charge in [-0.2, -0.15) is 11.8 Å². The highest BCUT2D eigenvalue weighted by atomic mass is 32.2. The van der Waals surface area contributed by atoms with Gasteiger partial charge in [0.05, 0.1) is 12.8 Å². The first-order chi connectivity index (χ1) is 7.67. The molecule has 0 radical (unpaired) electrons. The minimum Gasteiger partial charge on any atom is -0.495 e. The molecule has 0 amide bonds. The van der Waals surface area contributed by atoms with Gasteiger partial charge in [-0.3, -0.25) is 0 Å². The van der Waals surface area contributed by atoms with Crippen molar-refractivity contribution in [3.05, 3.63) is 23.8 Å². The number of ether oxygens (including phenoxy) is 1. The van der Waals surface area contributed by atoms with E-state index in [1.165, 1.54) is 17.7 Å². The Kier molecular flexibility index (Phi) is 5.53. The van der Waals surface area contributed by atoms with Crippen LogP contribution in [0, 0.1) is 5.92 Å². The Balaban J connectivity index is 2.46. The maximum atomic E-state index is 5.86. The largest absolute Gasteiger partial charge is 0.495 e. The summed E-state index contributed by atoms with van der Waals surface area (Å²) >= 11 is 1.96. The minimum absolute atomic E-state index is 0.726. The van der Waals surface area contributed by atoms with Gasteiger partial charge in [-0.15, -0.1) is 0 Å². The molecule has 1 rings (SSSR count). The van der Waals surface area contributed by atoms with Gasteiger partial charge in [0.25, 0.3) is 0 Å². The fraction of sp³-hybridized carbons (Fsp3) is 0.538. The van der Waals surface area contributed by atoms with Crippen molar-refractivity contribution in [2.75, 3.05) is 18.6 Å². The molecule has 2 nitrogen and oxygen atoms in total. The third kappa shape index (κ3) is 3.97. The van der Waals surface area contributed by atoms with Gasteiger partial charge < -0.3 is 10.5 Å². The number of hydrogen-bond donors (Lipinski definition) is 1. The van der Waals surface area contributed by atoms with E-state index in [1.54, 1.807) is 7.11 Å². The van der Waals surface area contributed by atoms with Crippen LogP contribution in [0.3, 0.4) is 0 Å². The quantitative estimate of drug-likeness (QED) is 0.771. The number of methoxy groups -OCH3 is 1. The molecule has 0 aliphatic rings. The number of benzene rings is 1. The van der Waals surface area contributed by atoms with E-state index in [2.05, 4.69) is 19.9 Å². The van der Waals surface area contributed by atoms with Crippen molar-refractivity contribution in [3.63, 3.8) is 0 Å². The van der Waals surface area contributed by atoms with Crippen molar-refractivity contribution >= 4 is 17.4 Å². The second kappa shape index (κ2) is 6.69. The molecule has 3 heteroatoms. The zero-order chi connectivity index (χ0) is 12.0. The van der Waals surface area contributed by atoms with Crippen molar-refractivity contribution in [2.24, 2.45) is 5.92 Å². The predicted molar refractivity (Wildman–Crippen MR) is 73.0 cm³/mol. The molecule has 1 aromatic rings. The summed E-state index contributed by atoms with van der Waals surface area (Å²) in [6, 6.07) is 6.02. The molecule has 0 heterocycles. The summed E-state index contributed by atoms with van der Waals surface area (Å²) in [7, 11) is 1.64. The molecule has 0 bridgehead atoms. The van der Waals surface area contributed by atoms with Crippen molar-refractivity contribution in [2.45, 2.75) is 26.0 Å².